The zero-order valence-electron chi connectivity index (χ0n) is 6.27. The van der Waals surface area contributed by atoms with Crippen LogP contribution in [0.4, 0.5) is 0 Å². The van der Waals surface area contributed by atoms with E-state index in [1.807, 2.05) is 12.1 Å². The Labute approximate surface area is 69.4 Å². The Morgan fingerprint density at radius 3 is 2.92 bits per heavy atom. The predicted molar refractivity (Wildman–Crippen MR) is 44.0 cm³/mol. The number of carbonyl (C=O) groups excluding carboxylic acids is 1. The summed E-state index contributed by atoms with van der Waals surface area (Å²) >= 11 is 0. The fourth-order valence-corrected chi connectivity index (χ4v) is 1.12. The minimum absolute atomic E-state index is 0.528. The third-order valence-corrected chi connectivity index (χ3v) is 1.69. The number of rotatable bonds is 1. The highest BCUT2D eigenvalue weighted by molar-refractivity contribution is 5.85. The van der Waals surface area contributed by atoms with Crippen molar-refractivity contribution in [1.82, 2.24) is 9.97 Å². The van der Waals surface area contributed by atoms with Crippen LogP contribution in [0.3, 0.4) is 0 Å². The molecule has 2 aliphatic heterocycles. The molecule has 0 bridgehead atoms. The molecule has 0 radical (unpaired) electrons. The highest BCUT2D eigenvalue weighted by atomic mass is 16.1. The molecule has 0 aromatic heterocycles. The summed E-state index contributed by atoms with van der Waals surface area (Å²) in [6.07, 6.45) is 5.61. The van der Waals surface area contributed by atoms with Gasteiger partial charge in [-0.15, -0.1) is 0 Å². The molecule has 2 rings (SSSR count). The summed E-state index contributed by atoms with van der Waals surface area (Å²) in [5.41, 5.74) is 2.18. The normalized spacial score (nSPS) is 10.0. The second-order valence-corrected chi connectivity index (χ2v) is 2.42. The zero-order valence-corrected chi connectivity index (χ0v) is 6.27. The van der Waals surface area contributed by atoms with Gasteiger partial charge >= 0.3 is 0 Å². The maximum atomic E-state index is 10.6. The van der Waals surface area contributed by atoms with Crippen molar-refractivity contribution in [3.63, 3.8) is 0 Å². The van der Waals surface area contributed by atoms with E-state index in [2.05, 4.69) is 9.97 Å². The van der Waals surface area contributed by atoms with Crippen LogP contribution < -0.4 is 0 Å². The molecule has 0 aliphatic carbocycles. The fourth-order valence-electron chi connectivity index (χ4n) is 1.12. The van der Waals surface area contributed by atoms with Gasteiger partial charge in [0.25, 0.3) is 0 Å². The molecule has 58 valence electrons. The van der Waals surface area contributed by atoms with Gasteiger partial charge in [0, 0.05) is 24.2 Å². The Balaban J connectivity index is 2.76. The van der Waals surface area contributed by atoms with E-state index in [1.165, 1.54) is 6.20 Å². The van der Waals surface area contributed by atoms with Crippen LogP contribution >= 0.6 is 0 Å². The fraction of sp³-hybridized carbons (Fsp3) is 0. The molecule has 0 N–H and O–H groups in total. The standard InChI is InChI=1S/C9H6N2O/c12-6-8-5-10-3-1-7-2-4-11-9(7)8/h1-6H. The van der Waals surface area contributed by atoms with Gasteiger partial charge in [-0.3, -0.25) is 14.8 Å². The average Bonchev–Trinajstić information content (AvgIpc) is 2.46. The Bertz CT molecular complexity index is 386. The average molecular weight is 158 g/mol. The molecule has 2 aliphatic rings. The van der Waals surface area contributed by atoms with Gasteiger partial charge in [-0.1, -0.05) is 0 Å². The lowest BCUT2D eigenvalue weighted by Crippen LogP contribution is -1.82. The number of hydrogen-bond acceptors (Lipinski definition) is 3. The molecule has 3 heteroatoms. The van der Waals surface area contributed by atoms with Gasteiger partial charge in [0.2, 0.25) is 0 Å². The first-order valence-corrected chi connectivity index (χ1v) is 3.56. The third-order valence-electron chi connectivity index (χ3n) is 1.69. The van der Waals surface area contributed by atoms with Crippen LogP contribution in [0.25, 0.3) is 11.3 Å². The Morgan fingerprint density at radius 2 is 2.08 bits per heavy atom. The molecule has 0 saturated carbocycles. The number of hydrogen-bond donors (Lipinski definition) is 0. The molecule has 0 aromatic carbocycles. The van der Waals surface area contributed by atoms with Crippen molar-refractivity contribution in [3.05, 3.63) is 36.3 Å². The van der Waals surface area contributed by atoms with E-state index in [1.54, 1.807) is 12.4 Å². The Kier molecular flexibility index (Phi) is 1.55. The first kappa shape index (κ1) is 6.91. The van der Waals surface area contributed by atoms with Crippen LogP contribution in [0.15, 0.2) is 30.7 Å². The number of carbonyl (C=O) groups is 1. The molecule has 0 spiro atoms. The summed E-state index contributed by atoms with van der Waals surface area (Å²) in [7, 11) is 0. The molecule has 0 atom stereocenters. The Morgan fingerprint density at radius 1 is 1.25 bits per heavy atom. The monoisotopic (exact) mass is 158 g/mol. The zero-order chi connectivity index (χ0) is 8.39. The number of nitrogens with zero attached hydrogens (tertiary/aromatic N) is 2. The van der Waals surface area contributed by atoms with Crippen LogP contribution in [-0.2, 0) is 0 Å². The van der Waals surface area contributed by atoms with Crippen molar-refractivity contribution in [2.24, 2.45) is 0 Å². The van der Waals surface area contributed by atoms with E-state index >= 15 is 0 Å². The van der Waals surface area contributed by atoms with Crippen molar-refractivity contribution in [3.8, 4) is 11.3 Å². The van der Waals surface area contributed by atoms with E-state index in [0.29, 0.717) is 11.3 Å². The second-order valence-electron chi connectivity index (χ2n) is 2.42. The Hall–Kier alpha value is -1.77. The summed E-state index contributed by atoms with van der Waals surface area (Å²) < 4.78 is 0. The molecular weight excluding hydrogens is 152 g/mol. The van der Waals surface area contributed by atoms with Crippen molar-refractivity contribution >= 4 is 6.29 Å². The summed E-state index contributed by atoms with van der Waals surface area (Å²) in [4.78, 5) is 18.5. The smallest absolute Gasteiger partial charge is 0.153 e. The molecule has 0 saturated heterocycles. The van der Waals surface area contributed by atoms with Crippen molar-refractivity contribution in [2.75, 3.05) is 0 Å². The SMILES string of the molecule is O=Cc1cnccc2ccnc1-2. The van der Waals surface area contributed by atoms with Crippen LogP contribution in [0.2, 0.25) is 0 Å². The van der Waals surface area contributed by atoms with Gasteiger partial charge in [-0.25, -0.2) is 0 Å². The van der Waals surface area contributed by atoms with Gasteiger partial charge < -0.3 is 0 Å². The van der Waals surface area contributed by atoms with Gasteiger partial charge in [0.1, 0.15) is 0 Å². The third kappa shape index (κ3) is 0.955. The topological polar surface area (TPSA) is 42.9 Å². The lowest BCUT2D eigenvalue weighted by atomic mass is 10.2. The molecule has 0 fully saturated rings. The second kappa shape index (κ2) is 2.70. The first-order chi connectivity index (χ1) is 5.92. The van der Waals surface area contributed by atoms with Crippen LogP contribution in [0.1, 0.15) is 10.4 Å². The molecule has 3 nitrogen and oxygen atoms in total. The molecule has 2 heterocycles. The van der Waals surface area contributed by atoms with Crippen molar-refractivity contribution in [2.45, 2.75) is 0 Å². The minimum atomic E-state index is 0.528. The van der Waals surface area contributed by atoms with Crippen LogP contribution in [-0.4, -0.2) is 16.3 Å². The molecule has 0 amide bonds. The number of fused-ring (bicyclic) bond motifs is 1. The lowest BCUT2D eigenvalue weighted by molar-refractivity contribution is 0.112. The first-order valence-electron chi connectivity index (χ1n) is 3.56. The van der Waals surface area contributed by atoms with Gasteiger partial charge in [0.15, 0.2) is 6.29 Å². The largest absolute Gasteiger partial charge is 0.298 e. The summed E-state index contributed by atoms with van der Waals surface area (Å²) in [6, 6.07) is 3.68. The number of aromatic nitrogens is 2. The maximum Gasteiger partial charge on any atom is 0.153 e. The highest BCUT2D eigenvalue weighted by Crippen LogP contribution is 2.19. The van der Waals surface area contributed by atoms with Crippen molar-refractivity contribution in [1.29, 1.82) is 0 Å². The minimum Gasteiger partial charge on any atom is -0.298 e. The predicted octanol–water partition coefficient (Wildman–Crippen LogP) is 1.39. The molecular formula is C9H6N2O. The molecule has 0 unspecified atom stereocenters. The summed E-state index contributed by atoms with van der Waals surface area (Å²) in [6.45, 7) is 0. The maximum absolute atomic E-state index is 10.6. The quantitative estimate of drug-likeness (QED) is 0.589. The summed E-state index contributed by atoms with van der Waals surface area (Å²) in [5.74, 6) is 0. The van der Waals surface area contributed by atoms with E-state index in [0.717, 1.165) is 11.8 Å². The van der Waals surface area contributed by atoms with Gasteiger partial charge in [-0.2, -0.15) is 0 Å². The highest BCUT2D eigenvalue weighted by Gasteiger charge is 2.06. The van der Waals surface area contributed by atoms with E-state index in [9.17, 15) is 4.79 Å². The van der Waals surface area contributed by atoms with E-state index in [4.69, 9.17) is 0 Å². The molecule has 0 aromatic rings. The van der Waals surface area contributed by atoms with Crippen LogP contribution in [0, 0.1) is 0 Å². The van der Waals surface area contributed by atoms with Crippen molar-refractivity contribution < 1.29 is 4.79 Å². The van der Waals surface area contributed by atoms with E-state index in [-0.39, 0.29) is 0 Å². The summed E-state index contributed by atoms with van der Waals surface area (Å²) in [5, 5.41) is 0. The number of aldehydes is 1. The van der Waals surface area contributed by atoms with Crippen LogP contribution in [0.5, 0.6) is 0 Å². The molecule has 12 heavy (non-hydrogen) atoms. The van der Waals surface area contributed by atoms with Gasteiger partial charge in [-0.05, 0) is 12.1 Å². The van der Waals surface area contributed by atoms with E-state index < -0.39 is 0 Å². The lowest BCUT2D eigenvalue weighted by Gasteiger charge is -1.90. The van der Waals surface area contributed by atoms with Gasteiger partial charge in [0.05, 0.1) is 11.3 Å².